The largest absolute Gasteiger partial charge is 0.481 e. The zero-order chi connectivity index (χ0) is 24.0. The van der Waals surface area contributed by atoms with Crippen LogP contribution in [0, 0.1) is 0 Å². The summed E-state index contributed by atoms with van der Waals surface area (Å²) >= 11 is 0. The van der Waals surface area contributed by atoms with Gasteiger partial charge >= 0.3 is 11.9 Å². The van der Waals surface area contributed by atoms with Gasteiger partial charge in [-0.3, -0.25) is 4.79 Å². The summed E-state index contributed by atoms with van der Waals surface area (Å²) < 4.78 is 22.9. The van der Waals surface area contributed by atoms with Crippen LogP contribution < -0.4 is 4.74 Å². The fraction of sp³-hybridized carbons (Fsp3) is 0.600. The van der Waals surface area contributed by atoms with Crippen LogP contribution in [0.25, 0.3) is 0 Å². The molecular weight excluding hydrogens is 442 g/mol. The monoisotopic (exact) mass is 471 g/mol. The van der Waals surface area contributed by atoms with E-state index in [1.807, 2.05) is 19.2 Å². The summed E-state index contributed by atoms with van der Waals surface area (Å²) in [5.41, 5.74) is 0.787. The average Bonchev–Trinajstić information content (AvgIpc) is 3.25. The Kier molecular flexibility index (Phi) is 4.56. The molecule has 2 saturated heterocycles. The van der Waals surface area contributed by atoms with Crippen molar-refractivity contribution in [3.63, 3.8) is 0 Å². The predicted octanol–water partition coefficient (Wildman–Crippen LogP) is 1.07. The van der Waals surface area contributed by atoms with E-state index in [0.29, 0.717) is 36.3 Å². The lowest BCUT2D eigenvalue weighted by atomic mass is 9.50. The Morgan fingerprint density at radius 2 is 2.12 bits per heavy atom. The normalized spacial score (nSPS) is 36.9. The molecule has 0 radical (unpaired) electrons. The quantitative estimate of drug-likeness (QED) is 0.622. The molecule has 3 heterocycles. The lowest BCUT2D eigenvalue weighted by molar-refractivity contribution is -0.171. The summed E-state index contributed by atoms with van der Waals surface area (Å²) in [6.45, 7) is 3.79. The first-order chi connectivity index (χ1) is 16.1. The molecule has 2 N–H and O–H groups in total. The van der Waals surface area contributed by atoms with E-state index >= 15 is 0 Å². The second kappa shape index (κ2) is 7.04. The number of hydrogen-bond donors (Lipinski definition) is 2. The zero-order valence-electron chi connectivity index (χ0n) is 19.5. The lowest BCUT2D eigenvalue weighted by Gasteiger charge is -2.61. The fourth-order valence-electron chi connectivity index (χ4n) is 6.80. The third-order valence-corrected chi connectivity index (χ3v) is 8.25. The van der Waals surface area contributed by atoms with E-state index in [2.05, 4.69) is 4.90 Å². The molecule has 2 bridgehead atoms. The molecule has 34 heavy (non-hydrogen) atoms. The molecule has 0 amide bonds. The molecule has 6 rings (SSSR count). The summed E-state index contributed by atoms with van der Waals surface area (Å²) in [5, 5.41) is 22.1. The minimum absolute atomic E-state index is 0.108. The second-order valence-corrected chi connectivity index (χ2v) is 10.5. The maximum Gasteiger partial charge on any atom is 0.338 e. The number of likely N-dealkylation sites (N-methyl/N-ethyl adjacent to an activating group) is 1. The van der Waals surface area contributed by atoms with Crippen LogP contribution in [0.2, 0.25) is 0 Å². The van der Waals surface area contributed by atoms with Crippen molar-refractivity contribution in [3.8, 4) is 5.75 Å². The van der Waals surface area contributed by atoms with Gasteiger partial charge in [0.2, 0.25) is 5.79 Å². The highest BCUT2D eigenvalue weighted by atomic mass is 16.8. The van der Waals surface area contributed by atoms with Gasteiger partial charge in [-0.15, -0.1) is 0 Å². The predicted molar refractivity (Wildman–Crippen MR) is 117 cm³/mol. The number of piperidine rings is 1. The van der Waals surface area contributed by atoms with E-state index in [1.165, 1.54) is 0 Å². The van der Waals surface area contributed by atoms with Gasteiger partial charge in [-0.1, -0.05) is 12.1 Å². The number of esters is 2. The van der Waals surface area contributed by atoms with Gasteiger partial charge in [-0.25, -0.2) is 4.79 Å². The van der Waals surface area contributed by atoms with Crippen LogP contribution in [0.1, 0.15) is 49.8 Å². The molecule has 2 aliphatic carbocycles. The van der Waals surface area contributed by atoms with E-state index in [0.717, 1.165) is 17.7 Å². The van der Waals surface area contributed by atoms with Gasteiger partial charge in [0.05, 0.1) is 24.0 Å². The van der Waals surface area contributed by atoms with E-state index in [-0.39, 0.29) is 19.1 Å². The molecule has 182 valence electrons. The summed E-state index contributed by atoms with van der Waals surface area (Å²) in [6, 6.07) is 3.77. The molecule has 9 nitrogen and oxygen atoms in total. The molecular formula is C25H29NO8. The van der Waals surface area contributed by atoms with Gasteiger partial charge in [0.15, 0.2) is 12.2 Å². The van der Waals surface area contributed by atoms with Crippen molar-refractivity contribution in [1.29, 1.82) is 0 Å². The fourth-order valence-corrected chi connectivity index (χ4v) is 6.80. The number of hydrogen-bond acceptors (Lipinski definition) is 9. The molecule has 0 saturated carbocycles. The highest BCUT2D eigenvalue weighted by Gasteiger charge is 2.71. The second-order valence-electron chi connectivity index (χ2n) is 10.5. The molecule has 1 spiro atoms. The SMILES string of the molecule is CN1CC[C@]23c4c5ccc(CO)c4O[C@H]2C(OC(=O)C[C@H]2OC(C)(C)OC2=O)=CC[C@@]3(O)[C@H]1C5. The van der Waals surface area contributed by atoms with E-state index < -0.39 is 40.9 Å². The molecule has 5 aliphatic rings. The molecule has 0 aromatic heterocycles. The number of carbonyl (C=O) groups is 2. The van der Waals surface area contributed by atoms with Gasteiger partial charge in [0.25, 0.3) is 0 Å². The highest BCUT2D eigenvalue weighted by molar-refractivity contribution is 5.83. The maximum absolute atomic E-state index is 12.9. The highest BCUT2D eigenvalue weighted by Crippen LogP contribution is 2.64. The van der Waals surface area contributed by atoms with E-state index in [1.54, 1.807) is 19.9 Å². The molecule has 1 aromatic rings. The summed E-state index contributed by atoms with van der Waals surface area (Å²) in [6.07, 6.45) is 1.33. The molecule has 3 aliphatic heterocycles. The number of likely N-dealkylation sites (tertiary alicyclic amines) is 1. The standard InChI is InChI=1S/C25H29NO8/c1-23(2)33-16(22(29)34-23)11-18(28)31-15-6-7-25(30)17-10-13-4-5-14(12-27)20-19(13)24(25,21(15)32-20)8-9-26(17)3/h4-6,16-17,21,27,30H,7-12H2,1-3H3/t16-,17-,21+,24+,25-/m1/s1. The van der Waals surface area contributed by atoms with Crippen LogP contribution in [0.3, 0.4) is 0 Å². The lowest BCUT2D eigenvalue weighted by Crippen LogP contribution is -2.74. The smallest absolute Gasteiger partial charge is 0.338 e. The van der Waals surface area contributed by atoms with Gasteiger partial charge in [0, 0.05) is 37.4 Å². The van der Waals surface area contributed by atoms with Crippen LogP contribution in [0.5, 0.6) is 5.75 Å². The Morgan fingerprint density at radius 3 is 2.82 bits per heavy atom. The third-order valence-electron chi connectivity index (χ3n) is 8.25. The zero-order valence-corrected chi connectivity index (χ0v) is 19.5. The average molecular weight is 472 g/mol. The van der Waals surface area contributed by atoms with Crippen LogP contribution in [0.4, 0.5) is 0 Å². The molecule has 9 heteroatoms. The van der Waals surface area contributed by atoms with Crippen molar-refractivity contribution in [2.45, 2.75) is 81.2 Å². The Labute approximate surface area is 197 Å². The summed E-state index contributed by atoms with van der Waals surface area (Å²) in [5.74, 6) is -1.40. The number of carbonyl (C=O) groups excluding carboxylic acids is 2. The van der Waals surface area contributed by atoms with Crippen molar-refractivity contribution in [3.05, 3.63) is 40.7 Å². The van der Waals surface area contributed by atoms with Gasteiger partial charge < -0.3 is 34.1 Å². The Bertz CT molecular complexity index is 1130. The van der Waals surface area contributed by atoms with Crippen LogP contribution in [-0.2, 0) is 42.2 Å². The summed E-state index contributed by atoms with van der Waals surface area (Å²) in [4.78, 5) is 27.1. The molecule has 1 aromatic carbocycles. The minimum Gasteiger partial charge on any atom is -0.481 e. The topological polar surface area (TPSA) is 115 Å². The van der Waals surface area contributed by atoms with Crippen molar-refractivity contribution in [2.75, 3.05) is 13.6 Å². The minimum atomic E-state index is -1.10. The molecule has 5 atom stereocenters. The van der Waals surface area contributed by atoms with Gasteiger partial charge in [-0.2, -0.15) is 0 Å². The van der Waals surface area contributed by atoms with Crippen molar-refractivity contribution in [1.82, 2.24) is 4.90 Å². The Hall–Kier alpha value is -2.46. The first kappa shape index (κ1) is 22.0. The number of benzene rings is 1. The molecule has 0 unspecified atom stereocenters. The number of nitrogens with zero attached hydrogens (tertiary/aromatic N) is 1. The van der Waals surface area contributed by atoms with Crippen molar-refractivity contribution >= 4 is 11.9 Å². The van der Waals surface area contributed by atoms with Gasteiger partial charge in [-0.05, 0) is 38.1 Å². The summed E-state index contributed by atoms with van der Waals surface area (Å²) in [7, 11) is 2.02. The third kappa shape index (κ3) is 2.75. The van der Waals surface area contributed by atoms with Gasteiger partial charge in [0.1, 0.15) is 11.5 Å². The van der Waals surface area contributed by atoms with Crippen LogP contribution in [0.15, 0.2) is 24.0 Å². The number of rotatable bonds is 4. The first-order valence-electron chi connectivity index (χ1n) is 11.8. The Balaban J connectivity index is 1.36. The van der Waals surface area contributed by atoms with E-state index in [4.69, 9.17) is 18.9 Å². The first-order valence-corrected chi connectivity index (χ1v) is 11.8. The number of aliphatic hydroxyl groups excluding tert-OH is 1. The van der Waals surface area contributed by atoms with Crippen molar-refractivity contribution in [2.24, 2.45) is 0 Å². The Morgan fingerprint density at radius 1 is 1.32 bits per heavy atom. The number of ether oxygens (including phenoxy) is 4. The van der Waals surface area contributed by atoms with Crippen LogP contribution >= 0.6 is 0 Å². The maximum atomic E-state index is 12.9. The van der Waals surface area contributed by atoms with Crippen molar-refractivity contribution < 1.29 is 38.7 Å². The van der Waals surface area contributed by atoms with E-state index in [9.17, 15) is 19.8 Å². The number of aliphatic hydroxyl groups is 2. The van der Waals surface area contributed by atoms with Crippen LogP contribution in [-0.4, -0.2) is 70.3 Å². The molecule has 2 fully saturated rings. The number of cyclic esters (lactones) is 1.